The lowest BCUT2D eigenvalue weighted by atomic mass is 9.86. The van der Waals surface area contributed by atoms with E-state index in [0.29, 0.717) is 15.8 Å². The summed E-state index contributed by atoms with van der Waals surface area (Å²) in [4.78, 5) is 29.3. The minimum Gasteiger partial charge on any atom is -0.352 e. The van der Waals surface area contributed by atoms with E-state index < -0.39 is 0 Å². The highest BCUT2D eigenvalue weighted by Gasteiger charge is 2.31. The summed E-state index contributed by atoms with van der Waals surface area (Å²) in [6.45, 7) is 2.21. The largest absolute Gasteiger partial charge is 0.352 e. The molecule has 6 heteroatoms. The first-order valence-electron chi connectivity index (χ1n) is 10.4. The van der Waals surface area contributed by atoms with E-state index in [4.69, 9.17) is 11.6 Å². The van der Waals surface area contributed by atoms with Crippen molar-refractivity contribution < 1.29 is 9.59 Å². The number of amides is 2. The molecule has 30 heavy (non-hydrogen) atoms. The second-order valence-corrected chi connectivity index (χ2v) is 9.48. The van der Waals surface area contributed by atoms with Gasteiger partial charge in [-0.05, 0) is 54.7 Å². The van der Waals surface area contributed by atoms with Gasteiger partial charge in [0.25, 0.3) is 5.91 Å². The van der Waals surface area contributed by atoms with Crippen molar-refractivity contribution in [2.45, 2.75) is 43.5 Å². The summed E-state index contributed by atoms with van der Waals surface area (Å²) >= 11 is 7.41. The van der Waals surface area contributed by atoms with Gasteiger partial charge in [-0.25, -0.2) is 0 Å². The van der Waals surface area contributed by atoms with Crippen molar-refractivity contribution in [1.82, 2.24) is 5.32 Å². The van der Waals surface area contributed by atoms with Crippen molar-refractivity contribution in [1.29, 1.82) is 0 Å². The van der Waals surface area contributed by atoms with Gasteiger partial charge >= 0.3 is 0 Å². The van der Waals surface area contributed by atoms with Crippen molar-refractivity contribution in [2.75, 3.05) is 11.4 Å². The lowest BCUT2D eigenvalue weighted by Gasteiger charge is -2.32. The van der Waals surface area contributed by atoms with Gasteiger partial charge in [0, 0.05) is 16.0 Å². The van der Waals surface area contributed by atoms with E-state index in [-0.39, 0.29) is 24.4 Å². The van der Waals surface area contributed by atoms with Crippen molar-refractivity contribution in [3.05, 3.63) is 64.0 Å². The number of nitrogens with zero attached hydrogens (tertiary/aromatic N) is 1. The normalized spacial score (nSPS) is 22.7. The molecule has 1 aliphatic carbocycles. The Kier molecular flexibility index (Phi) is 6.49. The molecule has 1 aliphatic heterocycles. The molecule has 156 valence electrons. The van der Waals surface area contributed by atoms with Crippen LogP contribution >= 0.6 is 23.4 Å². The van der Waals surface area contributed by atoms with E-state index in [9.17, 15) is 9.59 Å². The van der Waals surface area contributed by atoms with Crippen molar-refractivity contribution >= 4 is 46.9 Å². The van der Waals surface area contributed by atoms with E-state index in [1.54, 1.807) is 17.0 Å². The molecule has 2 aliphatic rings. The summed E-state index contributed by atoms with van der Waals surface area (Å²) < 4.78 is 0. The zero-order valence-corrected chi connectivity index (χ0v) is 18.5. The molecule has 1 N–H and O–H groups in total. The quantitative estimate of drug-likeness (QED) is 0.637. The topological polar surface area (TPSA) is 49.4 Å². The molecule has 0 unspecified atom stereocenters. The summed E-state index contributed by atoms with van der Waals surface area (Å²) in [6, 6.07) is 15.3. The van der Waals surface area contributed by atoms with Crippen LogP contribution in [0.15, 0.2) is 58.3 Å². The fourth-order valence-electron chi connectivity index (χ4n) is 4.06. The number of anilines is 1. The number of hydrogen-bond donors (Lipinski definition) is 1. The van der Waals surface area contributed by atoms with Gasteiger partial charge in [0.1, 0.15) is 6.54 Å². The predicted molar refractivity (Wildman–Crippen MR) is 124 cm³/mol. The summed E-state index contributed by atoms with van der Waals surface area (Å²) in [6.07, 6.45) is 6.37. The molecule has 2 aromatic rings. The molecule has 0 spiro atoms. The smallest absolute Gasteiger partial charge is 0.265 e. The third-order valence-electron chi connectivity index (χ3n) is 5.76. The van der Waals surface area contributed by atoms with Crippen LogP contribution in [0.5, 0.6) is 0 Å². The number of carbonyl (C=O) groups is 2. The molecule has 2 amide bonds. The third-order valence-corrected chi connectivity index (χ3v) is 7.09. The minimum atomic E-state index is -0.152. The Morgan fingerprint density at radius 1 is 1.17 bits per heavy atom. The summed E-state index contributed by atoms with van der Waals surface area (Å²) in [5.41, 5.74) is 1.68. The molecule has 0 saturated heterocycles. The fraction of sp³-hybridized carbons (Fsp3) is 0.333. The Balaban J connectivity index is 1.56. The first-order chi connectivity index (χ1) is 14.5. The Morgan fingerprint density at radius 2 is 1.90 bits per heavy atom. The van der Waals surface area contributed by atoms with Gasteiger partial charge in [0.2, 0.25) is 5.91 Å². The average molecular weight is 441 g/mol. The van der Waals surface area contributed by atoms with Gasteiger partial charge in [-0.15, -0.1) is 0 Å². The number of hydrogen-bond acceptors (Lipinski definition) is 3. The first kappa shape index (κ1) is 21.0. The van der Waals surface area contributed by atoms with E-state index in [0.717, 1.165) is 35.4 Å². The molecule has 2 aromatic carbocycles. The van der Waals surface area contributed by atoms with Crippen molar-refractivity contribution in [3.63, 3.8) is 0 Å². The van der Waals surface area contributed by atoms with Crippen molar-refractivity contribution in [2.24, 2.45) is 5.92 Å². The number of para-hydroxylation sites is 1. The van der Waals surface area contributed by atoms with Crippen LogP contribution in [0.4, 0.5) is 5.69 Å². The predicted octanol–water partition coefficient (Wildman–Crippen LogP) is 5.51. The van der Waals surface area contributed by atoms with Gasteiger partial charge in [0.15, 0.2) is 0 Å². The molecule has 0 radical (unpaired) electrons. The highest BCUT2D eigenvalue weighted by Crippen LogP contribution is 2.42. The lowest BCUT2D eigenvalue weighted by molar-refractivity contribution is -0.123. The van der Waals surface area contributed by atoms with Crippen LogP contribution in [-0.2, 0) is 9.59 Å². The Labute approximate surface area is 186 Å². The van der Waals surface area contributed by atoms with Gasteiger partial charge in [0.05, 0.1) is 10.6 Å². The fourth-order valence-corrected chi connectivity index (χ4v) is 5.24. The molecule has 1 saturated carbocycles. The molecule has 4 rings (SSSR count). The number of thioether (sulfide) groups is 1. The van der Waals surface area contributed by atoms with Crippen molar-refractivity contribution in [3.8, 4) is 0 Å². The van der Waals surface area contributed by atoms with Crippen LogP contribution < -0.4 is 10.2 Å². The third kappa shape index (κ3) is 4.73. The molecule has 0 aromatic heterocycles. The molecular weight excluding hydrogens is 416 g/mol. The monoisotopic (exact) mass is 440 g/mol. The lowest BCUT2D eigenvalue weighted by Crippen LogP contribution is -2.48. The Morgan fingerprint density at radius 3 is 2.67 bits per heavy atom. The zero-order valence-electron chi connectivity index (χ0n) is 16.9. The van der Waals surface area contributed by atoms with Crippen LogP contribution in [0.1, 0.15) is 38.2 Å². The van der Waals surface area contributed by atoms with Crippen LogP contribution in [0.2, 0.25) is 5.02 Å². The van der Waals surface area contributed by atoms with Crippen LogP contribution in [0.25, 0.3) is 6.08 Å². The second-order valence-electron chi connectivity index (χ2n) is 7.96. The Bertz CT molecular complexity index is 973. The number of carbonyl (C=O) groups excluding carboxylic acids is 2. The average Bonchev–Trinajstić information content (AvgIpc) is 2.74. The molecule has 1 heterocycles. The highest BCUT2D eigenvalue weighted by molar-refractivity contribution is 8.04. The summed E-state index contributed by atoms with van der Waals surface area (Å²) in [5, 5.41) is 3.82. The SMILES string of the molecule is C[C@H]1CCCC[C@H]1NC(=O)CN1C(=O)/C(=C\c2ccc(Cl)cc2)Sc2ccccc21. The standard InChI is InChI=1S/C24H25ClN2O2S/c1-16-6-2-3-7-19(16)26-23(28)15-27-20-8-4-5-9-21(20)30-22(24(27)29)14-17-10-12-18(25)13-11-17/h4-5,8-14,16,19H,2-3,6-7,15H2,1H3,(H,26,28)/b22-14+/t16-,19+/m0/s1. The van der Waals surface area contributed by atoms with E-state index in [1.807, 2.05) is 42.5 Å². The van der Waals surface area contributed by atoms with Crippen LogP contribution in [0.3, 0.4) is 0 Å². The first-order valence-corrected chi connectivity index (χ1v) is 11.6. The maximum absolute atomic E-state index is 13.3. The van der Waals surface area contributed by atoms with E-state index in [2.05, 4.69) is 12.2 Å². The molecule has 4 nitrogen and oxygen atoms in total. The van der Waals surface area contributed by atoms with Gasteiger partial charge in [-0.2, -0.15) is 0 Å². The number of halogens is 1. The van der Waals surface area contributed by atoms with Gasteiger partial charge < -0.3 is 5.32 Å². The molecule has 2 atom stereocenters. The van der Waals surface area contributed by atoms with E-state index >= 15 is 0 Å². The zero-order chi connectivity index (χ0) is 21.1. The van der Waals surface area contributed by atoms with Gasteiger partial charge in [-0.3, -0.25) is 14.5 Å². The maximum atomic E-state index is 13.3. The molecule has 0 bridgehead atoms. The number of rotatable bonds is 4. The van der Waals surface area contributed by atoms with Gasteiger partial charge in [-0.1, -0.05) is 67.4 Å². The highest BCUT2D eigenvalue weighted by atomic mass is 35.5. The van der Waals surface area contributed by atoms with E-state index in [1.165, 1.54) is 18.2 Å². The number of fused-ring (bicyclic) bond motifs is 1. The summed E-state index contributed by atoms with van der Waals surface area (Å²) in [7, 11) is 0. The molecule has 1 fully saturated rings. The molecular formula is C24H25ClN2O2S. The van der Waals surface area contributed by atoms with Crippen LogP contribution in [0, 0.1) is 5.92 Å². The Hall–Kier alpha value is -2.24. The number of nitrogens with one attached hydrogen (secondary N) is 1. The minimum absolute atomic E-state index is 0.0254. The van der Waals surface area contributed by atoms with Crippen LogP contribution in [-0.4, -0.2) is 24.4 Å². The summed E-state index contributed by atoms with van der Waals surface area (Å²) in [5.74, 6) is 0.220. The maximum Gasteiger partial charge on any atom is 0.265 e. The number of benzene rings is 2. The second kappa shape index (κ2) is 9.27.